The Bertz CT molecular complexity index is 928. The van der Waals surface area contributed by atoms with Crippen LogP contribution >= 0.6 is 0 Å². The average Bonchev–Trinajstić information content (AvgIpc) is 3.12. The van der Waals surface area contributed by atoms with Crippen molar-refractivity contribution >= 4 is 29.0 Å². The molecule has 2 aliphatic rings. The second-order valence-corrected chi connectivity index (χ2v) is 7.75. The van der Waals surface area contributed by atoms with Gasteiger partial charge in [0.25, 0.3) is 0 Å². The number of nitrogens with zero attached hydrogens (tertiary/aromatic N) is 4. The van der Waals surface area contributed by atoms with Gasteiger partial charge in [-0.2, -0.15) is 9.97 Å². The Morgan fingerprint density at radius 2 is 2.04 bits per heavy atom. The van der Waals surface area contributed by atoms with Gasteiger partial charge >= 0.3 is 0 Å². The molecule has 8 heteroatoms. The van der Waals surface area contributed by atoms with Gasteiger partial charge in [-0.15, -0.1) is 0 Å². The van der Waals surface area contributed by atoms with E-state index in [2.05, 4.69) is 27.1 Å². The first kappa shape index (κ1) is 18.6. The molecule has 1 fully saturated rings. The minimum absolute atomic E-state index is 0.302. The molecule has 0 bridgehead atoms. The summed E-state index contributed by atoms with van der Waals surface area (Å²) < 4.78 is 0. The number of anilines is 2. The van der Waals surface area contributed by atoms with Crippen molar-refractivity contribution in [3.63, 3.8) is 0 Å². The number of hydrogen-bond acceptors (Lipinski definition) is 8. The lowest BCUT2D eigenvalue weighted by atomic mass is 10.0. The molecule has 28 heavy (non-hydrogen) atoms. The molecule has 0 aromatic carbocycles. The Morgan fingerprint density at radius 1 is 1.25 bits per heavy atom. The van der Waals surface area contributed by atoms with Gasteiger partial charge in [0.05, 0.1) is 5.39 Å². The maximum absolute atomic E-state index is 7.10. The number of nitrogen functional groups attached to an aromatic ring is 1. The Hall–Kier alpha value is -2.74. The molecule has 2 aromatic rings. The summed E-state index contributed by atoms with van der Waals surface area (Å²) in [5.41, 5.74) is 17.3. The predicted octanol–water partition coefficient (Wildman–Crippen LogP) is 1.77. The molecule has 0 radical (unpaired) electrons. The van der Waals surface area contributed by atoms with Crippen LogP contribution in [-0.2, 0) is 12.8 Å². The molecule has 8 nitrogen and oxygen atoms in total. The summed E-state index contributed by atoms with van der Waals surface area (Å²) in [6, 6.07) is 0.302. The molecule has 148 valence electrons. The highest BCUT2D eigenvalue weighted by Crippen LogP contribution is 2.31. The first-order valence-electron chi connectivity index (χ1n) is 9.94. The van der Waals surface area contributed by atoms with E-state index in [-0.39, 0.29) is 0 Å². The molecule has 4 rings (SSSR count). The first-order valence-corrected chi connectivity index (χ1v) is 9.94. The monoisotopic (exact) mass is 380 g/mol. The van der Waals surface area contributed by atoms with Gasteiger partial charge in [0.15, 0.2) is 5.65 Å². The molecule has 1 aliphatic heterocycles. The smallest absolute Gasteiger partial charge is 0.226 e. The van der Waals surface area contributed by atoms with Gasteiger partial charge in [-0.05, 0) is 56.2 Å². The molecule has 0 unspecified atom stereocenters. The van der Waals surface area contributed by atoms with Crippen molar-refractivity contribution in [2.45, 2.75) is 45.1 Å². The molecule has 6 N–H and O–H groups in total. The van der Waals surface area contributed by atoms with Crippen LogP contribution in [0.4, 0.5) is 11.8 Å². The number of fused-ring (bicyclic) bond motifs is 2. The third kappa shape index (κ3) is 3.64. The van der Waals surface area contributed by atoms with Crippen molar-refractivity contribution in [1.29, 1.82) is 5.41 Å². The van der Waals surface area contributed by atoms with Crippen LogP contribution in [0.15, 0.2) is 11.8 Å². The number of aromatic nitrogens is 3. The number of allylic oxidation sites excluding steroid dienone is 1. The van der Waals surface area contributed by atoms with Crippen LogP contribution in [0.3, 0.4) is 0 Å². The van der Waals surface area contributed by atoms with Gasteiger partial charge in [0.2, 0.25) is 5.95 Å². The maximum atomic E-state index is 7.10. The summed E-state index contributed by atoms with van der Waals surface area (Å²) in [6.07, 6.45) is 8.08. The van der Waals surface area contributed by atoms with Gasteiger partial charge in [0.1, 0.15) is 5.82 Å². The van der Waals surface area contributed by atoms with E-state index in [0.29, 0.717) is 30.0 Å². The summed E-state index contributed by atoms with van der Waals surface area (Å²) >= 11 is 0. The standard InChI is InChI=1S/C20H28N8/c1-12-15-3-2-4-16(15)25-19-17(12)18(23)26-20(27-19)24-14-6-9-28(10-7-14)11-13(22)5-8-21/h5,8,14,21H,2-4,6-7,9-11,22H2,1H3,(H3,23,24,25,26,27)/b13-5-,21-8?. The number of likely N-dealkylation sites (tertiary alicyclic amines) is 1. The van der Waals surface area contributed by atoms with Crippen LogP contribution in [0.2, 0.25) is 0 Å². The van der Waals surface area contributed by atoms with Crippen molar-refractivity contribution in [1.82, 2.24) is 19.9 Å². The molecule has 0 saturated carbocycles. The van der Waals surface area contributed by atoms with Crippen LogP contribution in [0.1, 0.15) is 36.1 Å². The quantitative estimate of drug-likeness (QED) is 0.582. The zero-order valence-corrected chi connectivity index (χ0v) is 16.3. The van der Waals surface area contributed by atoms with Crippen LogP contribution in [0.25, 0.3) is 11.0 Å². The van der Waals surface area contributed by atoms with E-state index in [1.54, 1.807) is 6.08 Å². The normalized spacial score (nSPS) is 18.4. The van der Waals surface area contributed by atoms with Crippen LogP contribution in [-0.4, -0.2) is 51.7 Å². The third-order valence-electron chi connectivity index (χ3n) is 5.80. The summed E-state index contributed by atoms with van der Waals surface area (Å²) in [7, 11) is 0. The lowest BCUT2D eigenvalue weighted by Crippen LogP contribution is -2.41. The van der Waals surface area contributed by atoms with Crippen LogP contribution in [0.5, 0.6) is 0 Å². The average molecular weight is 381 g/mol. The van der Waals surface area contributed by atoms with Gasteiger partial charge in [-0.25, -0.2) is 4.98 Å². The van der Waals surface area contributed by atoms with Crippen molar-refractivity contribution < 1.29 is 0 Å². The van der Waals surface area contributed by atoms with E-state index in [4.69, 9.17) is 21.9 Å². The van der Waals surface area contributed by atoms with E-state index in [0.717, 1.165) is 62.0 Å². The minimum Gasteiger partial charge on any atom is -0.401 e. The number of rotatable bonds is 5. The predicted molar refractivity (Wildman–Crippen MR) is 113 cm³/mol. The fraction of sp³-hybridized carbons (Fsp3) is 0.500. The molecule has 1 saturated heterocycles. The summed E-state index contributed by atoms with van der Waals surface area (Å²) in [4.78, 5) is 16.3. The van der Waals surface area contributed by atoms with E-state index in [1.807, 2.05) is 0 Å². The summed E-state index contributed by atoms with van der Waals surface area (Å²) in [5, 5.41) is 11.4. The van der Waals surface area contributed by atoms with Crippen molar-refractivity contribution in [3.05, 3.63) is 28.6 Å². The Balaban J connectivity index is 1.47. The molecular weight excluding hydrogens is 352 g/mol. The van der Waals surface area contributed by atoms with E-state index >= 15 is 0 Å². The van der Waals surface area contributed by atoms with Gasteiger partial charge in [-0.3, -0.25) is 4.90 Å². The van der Waals surface area contributed by atoms with Gasteiger partial charge in [-0.1, -0.05) is 0 Å². The van der Waals surface area contributed by atoms with Crippen LogP contribution in [0, 0.1) is 12.3 Å². The lowest BCUT2D eigenvalue weighted by molar-refractivity contribution is 0.234. The zero-order valence-electron chi connectivity index (χ0n) is 16.3. The molecular formula is C20H28N8. The van der Waals surface area contributed by atoms with Crippen molar-refractivity contribution in [2.75, 3.05) is 30.7 Å². The van der Waals surface area contributed by atoms with Crippen molar-refractivity contribution in [3.8, 4) is 0 Å². The number of pyridine rings is 1. The largest absolute Gasteiger partial charge is 0.401 e. The van der Waals surface area contributed by atoms with Crippen molar-refractivity contribution in [2.24, 2.45) is 5.73 Å². The van der Waals surface area contributed by atoms with Gasteiger partial charge in [0, 0.05) is 43.3 Å². The summed E-state index contributed by atoms with van der Waals surface area (Å²) in [5.74, 6) is 1.07. The molecule has 3 heterocycles. The fourth-order valence-corrected chi connectivity index (χ4v) is 4.34. The second kappa shape index (κ2) is 7.71. The Labute approximate surface area is 164 Å². The van der Waals surface area contributed by atoms with Gasteiger partial charge < -0.3 is 22.2 Å². The van der Waals surface area contributed by atoms with Crippen LogP contribution < -0.4 is 16.8 Å². The first-order chi connectivity index (χ1) is 13.5. The maximum Gasteiger partial charge on any atom is 0.226 e. The van der Waals surface area contributed by atoms with E-state index in [1.165, 1.54) is 17.3 Å². The molecule has 0 spiro atoms. The molecule has 0 atom stereocenters. The second-order valence-electron chi connectivity index (χ2n) is 7.75. The SMILES string of the molecule is Cc1c2c(nc3nc(NC4CCN(C/C(N)=C/C=N)CC4)nc(N)c13)CCC2. The third-order valence-corrected chi connectivity index (χ3v) is 5.80. The number of hydrogen-bond donors (Lipinski definition) is 4. The lowest BCUT2D eigenvalue weighted by Gasteiger charge is -2.32. The van der Waals surface area contributed by atoms with E-state index < -0.39 is 0 Å². The zero-order chi connectivity index (χ0) is 19.7. The highest BCUT2D eigenvalue weighted by atomic mass is 15.2. The number of aryl methyl sites for hydroxylation is 2. The topological polar surface area (TPSA) is 130 Å². The minimum atomic E-state index is 0.302. The summed E-state index contributed by atoms with van der Waals surface area (Å²) in [6.45, 7) is 4.70. The number of nitrogens with one attached hydrogen (secondary N) is 2. The Kier molecular flexibility index (Phi) is 5.13. The number of nitrogens with two attached hydrogens (primary N) is 2. The fourth-order valence-electron chi connectivity index (χ4n) is 4.34. The number of piperidine rings is 1. The molecule has 0 amide bonds. The molecule has 1 aliphatic carbocycles. The van der Waals surface area contributed by atoms with E-state index in [9.17, 15) is 0 Å². The highest BCUT2D eigenvalue weighted by molar-refractivity contribution is 5.90. The highest BCUT2D eigenvalue weighted by Gasteiger charge is 2.23. The molecule has 2 aromatic heterocycles. The Morgan fingerprint density at radius 3 is 2.79 bits per heavy atom.